The van der Waals surface area contributed by atoms with Crippen molar-refractivity contribution in [2.75, 3.05) is 13.2 Å². The van der Waals surface area contributed by atoms with Crippen LogP contribution in [0.25, 0.3) is 0 Å². The topological polar surface area (TPSA) is 58.9 Å². The van der Waals surface area contributed by atoms with Crippen molar-refractivity contribution in [1.29, 1.82) is 0 Å². The number of carboxylic acids is 1. The molecule has 0 aliphatic carbocycles. The van der Waals surface area contributed by atoms with Gasteiger partial charge in [0.05, 0.1) is 6.54 Å². The average molecular weight is 199 g/mol. The second kappa shape index (κ2) is 8.29. The minimum atomic E-state index is -0.816. The van der Waals surface area contributed by atoms with Gasteiger partial charge < -0.3 is 9.84 Å². The number of aliphatic imine (C=N–C) groups is 1. The van der Waals surface area contributed by atoms with Crippen molar-refractivity contribution in [2.24, 2.45) is 4.99 Å². The third-order valence-electron chi connectivity index (χ3n) is 1.56. The second-order valence-electron chi connectivity index (χ2n) is 2.86. The van der Waals surface area contributed by atoms with Gasteiger partial charge in [-0.3, -0.25) is 4.99 Å². The lowest BCUT2D eigenvalue weighted by atomic mass is 10.2. The number of allylic oxidation sites excluding steroid dienone is 1. The molecule has 4 nitrogen and oxygen atoms in total. The maximum atomic E-state index is 10.1. The third-order valence-corrected chi connectivity index (χ3v) is 1.56. The van der Waals surface area contributed by atoms with Crippen LogP contribution in [0.2, 0.25) is 0 Å². The first-order chi connectivity index (χ1) is 6.68. The fourth-order valence-corrected chi connectivity index (χ4v) is 0.712. The summed E-state index contributed by atoms with van der Waals surface area (Å²) in [5.41, 5.74) is 0.442. The molecule has 0 bridgehead atoms. The Morgan fingerprint density at radius 2 is 2.43 bits per heavy atom. The second-order valence-corrected chi connectivity index (χ2v) is 2.86. The van der Waals surface area contributed by atoms with Crippen LogP contribution >= 0.6 is 0 Å². The van der Waals surface area contributed by atoms with Gasteiger partial charge in [-0.1, -0.05) is 19.4 Å². The van der Waals surface area contributed by atoms with Crippen molar-refractivity contribution in [3.63, 3.8) is 0 Å². The van der Waals surface area contributed by atoms with Crippen LogP contribution in [0.15, 0.2) is 16.6 Å². The van der Waals surface area contributed by atoms with Crippen LogP contribution in [-0.2, 0) is 9.53 Å². The SMILES string of the molecule is C1=NCCO1.CCCC=C(C)C(=O)O. The lowest BCUT2D eigenvalue weighted by Crippen LogP contribution is -1.95. The van der Waals surface area contributed by atoms with Gasteiger partial charge >= 0.3 is 5.97 Å². The first-order valence-electron chi connectivity index (χ1n) is 4.68. The minimum Gasteiger partial charge on any atom is -0.482 e. The van der Waals surface area contributed by atoms with E-state index < -0.39 is 5.97 Å². The van der Waals surface area contributed by atoms with E-state index in [-0.39, 0.29) is 0 Å². The summed E-state index contributed by atoms with van der Waals surface area (Å²) < 4.78 is 4.65. The van der Waals surface area contributed by atoms with Crippen LogP contribution in [0, 0.1) is 0 Å². The molecule has 0 atom stereocenters. The zero-order valence-electron chi connectivity index (χ0n) is 8.69. The van der Waals surface area contributed by atoms with Gasteiger partial charge in [0.1, 0.15) is 6.61 Å². The molecule has 1 aliphatic rings. The van der Waals surface area contributed by atoms with E-state index in [9.17, 15) is 4.79 Å². The molecule has 0 saturated heterocycles. The Bertz CT molecular complexity index is 215. The number of nitrogens with zero attached hydrogens (tertiary/aromatic N) is 1. The summed E-state index contributed by atoms with van der Waals surface area (Å²) in [5, 5.41) is 8.34. The predicted molar refractivity (Wildman–Crippen MR) is 55.6 cm³/mol. The normalized spacial score (nSPS) is 14.3. The molecule has 80 valence electrons. The van der Waals surface area contributed by atoms with Crippen molar-refractivity contribution in [3.05, 3.63) is 11.6 Å². The van der Waals surface area contributed by atoms with Crippen LogP contribution in [0.5, 0.6) is 0 Å². The fourth-order valence-electron chi connectivity index (χ4n) is 0.712. The molecule has 0 aromatic rings. The molecule has 0 amide bonds. The third kappa shape index (κ3) is 7.34. The molecule has 14 heavy (non-hydrogen) atoms. The van der Waals surface area contributed by atoms with E-state index in [1.54, 1.807) is 13.0 Å². The van der Waals surface area contributed by atoms with E-state index in [4.69, 9.17) is 5.11 Å². The number of hydrogen-bond acceptors (Lipinski definition) is 3. The lowest BCUT2D eigenvalue weighted by molar-refractivity contribution is -0.132. The fraction of sp³-hybridized carbons (Fsp3) is 0.600. The Morgan fingerprint density at radius 1 is 1.71 bits per heavy atom. The summed E-state index contributed by atoms with van der Waals surface area (Å²) >= 11 is 0. The minimum absolute atomic E-state index is 0.442. The van der Waals surface area contributed by atoms with Crippen molar-refractivity contribution in [2.45, 2.75) is 26.7 Å². The number of rotatable bonds is 3. The predicted octanol–water partition coefficient (Wildman–Crippen LogP) is 1.86. The average Bonchev–Trinajstić information content (AvgIpc) is 2.71. The zero-order valence-corrected chi connectivity index (χ0v) is 8.69. The van der Waals surface area contributed by atoms with Crippen LogP contribution < -0.4 is 0 Å². The molecule has 0 radical (unpaired) electrons. The van der Waals surface area contributed by atoms with E-state index in [1.807, 2.05) is 6.92 Å². The number of hydrogen-bond donors (Lipinski definition) is 1. The van der Waals surface area contributed by atoms with Crippen LogP contribution in [0.1, 0.15) is 26.7 Å². The van der Waals surface area contributed by atoms with E-state index >= 15 is 0 Å². The molecule has 0 fully saturated rings. The molecule has 1 aliphatic heterocycles. The quantitative estimate of drug-likeness (QED) is 0.706. The number of unbranched alkanes of at least 4 members (excludes halogenated alkanes) is 1. The Kier molecular flexibility index (Phi) is 7.50. The Morgan fingerprint density at radius 3 is 2.71 bits per heavy atom. The standard InChI is InChI=1S/C7H12O2.C3H5NO/c1-3-4-5-6(2)7(8)9;1-2-5-3-4-1/h5H,3-4H2,1-2H3,(H,8,9);3H,1-2H2. The smallest absolute Gasteiger partial charge is 0.330 e. The molecule has 4 heteroatoms. The number of carbonyl (C=O) groups is 1. The van der Waals surface area contributed by atoms with Gasteiger partial charge in [-0.05, 0) is 13.3 Å². The summed E-state index contributed by atoms with van der Waals surface area (Å²) in [6.07, 6.45) is 5.09. The number of ether oxygens (including phenoxy) is 1. The van der Waals surface area contributed by atoms with Gasteiger partial charge in [0, 0.05) is 5.57 Å². The van der Waals surface area contributed by atoms with Gasteiger partial charge in [0.2, 0.25) is 0 Å². The van der Waals surface area contributed by atoms with Crippen molar-refractivity contribution in [1.82, 2.24) is 0 Å². The molecular weight excluding hydrogens is 182 g/mol. The highest BCUT2D eigenvalue weighted by atomic mass is 16.5. The van der Waals surface area contributed by atoms with Gasteiger partial charge in [0.15, 0.2) is 6.40 Å². The molecule has 0 aromatic heterocycles. The van der Waals surface area contributed by atoms with E-state index in [1.165, 1.54) is 6.40 Å². The maximum Gasteiger partial charge on any atom is 0.330 e. The van der Waals surface area contributed by atoms with Gasteiger partial charge in [-0.25, -0.2) is 4.79 Å². The van der Waals surface area contributed by atoms with Crippen LogP contribution in [-0.4, -0.2) is 30.6 Å². The lowest BCUT2D eigenvalue weighted by Gasteiger charge is -1.89. The first-order valence-corrected chi connectivity index (χ1v) is 4.68. The molecule has 0 spiro atoms. The monoisotopic (exact) mass is 199 g/mol. The van der Waals surface area contributed by atoms with Crippen LogP contribution in [0.4, 0.5) is 0 Å². The molecule has 1 N–H and O–H groups in total. The number of aliphatic carboxylic acids is 1. The van der Waals surface area contributed by atoms with E-state index in [0.717, 1.165) is 26.0 Å². The molecule has 0 aromatic carbocycles. The summed E-state index contributed by atoms with van der Waals surface area (Å²) in [6.45, 7) is 5.25. The molecule has 0 unspecified atom stereocenters. The summed E-state index contributed by atoms with van der Waals surface area (Å²) in [6, 6.07) is 0. The first kappa shape index (κ1) is 12.7. The summed E-state index contributed by atoms with van der Waals surface area (Å²) in [5.74, 6) is -0.816. The molecule has 1 rings (SSSR count). The highest BCUT2D eigenvalue weighted by molar-refractivity contribution is 5.85. The Balaban J connectivity index is 0.000000280. The van der Waals surface area contributed by atoms with Gasteiger partial charge in [-0.2, -0.15) is 0 Å². The van der Waals surface area contributed by atoms with E-state index in [2.05, 4.69) is 9.73 Å². The van der Waals surface area contributed by atoms with Crippen LogP contribution in [0.3, 0.4) is 0 Å². The molecule has 1 heterocycles. The zero-order chi connectivity index (χ0) is 10.8. The van der Waals surface area contributed by atoms with Crippen molar-refractivity contribution >= 4 is 12.4 Å². The largest absolute Gasteiger partial charge is 0.482 e. The van der Waals surface area contributed by atoms with Gasteiger partial charge in [0.25, 0.3) is 0 Å². The Labute approximate surface area is 84.3 Å². The highest BCUT2D eigenvalue weighted by Gasteiger charge is 1.95. The highest BCUT2D eigenvalue weighted by Crippen LogP contribution is 1.96. The molecular formula is C10H17NO3. The van der Waals surface area contributed by atoms with Crippen molar-refractivity contribution < 1.29 is 14.6 Å². The maximum absolute atomic E-state index is 10.1. The van der Waals surface area contributed by atoms with E-state index in [0.29, 0.717) is 5.57 Å². The number of carboxylic acid groups (broad SMARTS) is 1. The van der Waals surface area contributed by atoms with Crippen molar-refractivity contribution in [3.8, 4) is 0 Å². The summed E-state index contributed by atoms with van der Waals surface area (Å²) in [4.78, 5) is 13.9. The summed E-state index contributed by atoms with van der Waals surface area (Å²) in [7, 11) is 0. The molecule has 0 saturated carbocycles. The van der Waals surface area contributed by atoms with Gasteiger partial charge in [-0.15, -0.1) is 0 Å². The Hall–Kier alpha value is -1.32.